The first-order valence-electron chi connectivity index (χ1n) is 4.08. The van der Waals surface area contributed by atoms with E-state index in [-0.39, 0.29) is 5.76 Å². The van der Waals surface area contributed by atoms with E-state index in [9.17, 15) is 5.11 Å². The summed E-state index contributed by atoms with van der Waals surface area (Å²) in [5.74, 6) is 1.01. The third-order valence-corrected chi connectivity index (χ3v) is 2.03. The van der Waals surface area contributed by atoms with Gasteiger partial charge in [0.25, 0.3) is 0 Å². The predicted molar refractivity (Wildman–Crippen MR) is 48.4 cm³/mol. The minimum atomic E-state index is 0.177. The molecule has 13 heavy (non-hydrogen) atoms. The van der Waals surface area contributed by atoms with Gasteiger partial charge >= 0.3 is 0 Å². The lowest BCUT2D eigenvalue weighted by Crippen LogP contribution is -2.35. The highest BCUT2D eigenvalue weighted by atomic mass is 16.5. The van der Waals surface area contributed by atoms with Gasteiger partial charge in [0.1, 0.15) is 5.75 Å². The number of ether oxygens (including phenoxy) is 1. The van der Waals surface area contributed by atoms with Crippen molar-refractivity contribution in [2.45, 2.75) is 0 Å². The molecule has 1 heterocycles. The number of benzene rings is 1. The summed E-state index contributed by atoms with van der Waals surface area (Å²) in [6.07, 6.45) is 1.60. The van der Waals surface area contributed by atoms with E-state index < -0.39 is 0 Å². The number of hydrogen-bond acceptors (Lipinski definition) is 3. The van der Waals surface area contributed by atoms with Crippen LogP contribution in [-0.4, -0.2) is 13.7 Å². The molecule has 3 nitrogen and oxygen atoms in total. The largest absolute Gasteiger partial charge is 0.873 e. The Hall–Kier alpha value is -1.64. The standard InChI is InChI=1S/C10H11NO2/c1-13-10-4-2-8(3-5-10)11-6-9(12)7-11/h2-6,12H,7H2,1H3/p-1. The van der Waals surface area contributed by atoms with Crippen molar-refractivity contribution < 1.29 is 9.84 Å². The van der Waals surface area contributed by atoms with Gasteiger partial charge < -0.3 is 14.7 Å². The fraction of sp³-hybridized carbons (Fsp3) is 0.200. The minimum absolute atomic E-state index is 0.177. The quantitative estimate of drug-likeness (QED) is 0.666. The minimum Gasteiger partial charge on any atom is -0.873 e. The van der Waals surface area contributed by atoms with Crippen molar-refractivity contribution in [1.82, 2.24) is 0 Å². The molecule has 0 saturated carbocycles. The van der Waals surface area contributed by atoms with Crippen LogP contribution in [-0.2, 0) is 0 Å². The third kappa shape index (κ3) is 1.45. The summed E-state index contributed by atoms with van der Waals surface area (Å²) in [6, 6.07) is 7.63. The summed E-state index contributed by atoms with van der Waals surface area (Å²) in [7, 11) is 1.63. The Morgan fingerprint density at radius 1 is 1.31 bits per heavy atom. The highest BCUT2D eigenvalue weighted by molar-refractivity contribution is 5.55. The molecule has 0 amide bonds. The van der Waals surface area contributed by atoms with E-state index in [4.69, 9.17) is 4.74 Å². The Morgan fingerprint density at radius 3 is 2.38 bits per heavy atom. The first kappa shape index (κ1) is 7.98. The molecule has 1 aromatic carbocycles. The molecule has 0 aromatic heterocycles. The average molecular weight is 176 g/mol. The normalized spacial score (nSPS) is 14.8. The van der Waals surface area contributed by atoms with Crippen LogP contribution in [0.5, 0.6) is 5.75 Å². The Kier molecular flexibility index (Phi) is 1.85. The summed E-state index contributed by atoms with van der Waals surface area (Å²) in [6.45, 7) is 0.492. The maximum absolute atomic E-state index is 10.7. The van der Waals surface area contributed by atoms with Crippen LogP contribution in [0, 0.1) is 0 Å². The van der Waals surface area contributed by atoms with E-state index in [2.05, 4.69) is 0 Å². The number of rotatable bonds is 2. The second-order valence-electron chi connectivity index (χ2n) is 2.92. The van der Waals surface area contributed by atoms with Crippen LogP contribution in [0.15, 0.2) is 36.2 Å². The maximum atomic E-state index is 10.7. The lowest BCUT2D eigenvalue weighted by atomic mass is 10.2. The smallest absolute Gasteiger partial charge is 0.119 e. The molecule has 1 aromatic rings. The van der Waals surface area contributed by atoms with Gasteiger partial charge in [-0.05, 0) is 30.5 Å². The summed E-state index contributed by atoms with van der Waals surface area (Å²) < 4.78 is 5.03. The molecule has 3 heteroatoms. The molecule has 2 rings (SSSR count). The molecule has 0 saturated heterocycles. The van der Waals surface area contributed by atoms with E-state index in [1.807, 2.05) is 29.2 Å². The molecule has 0 radical (unpaired) electrons. The zero-order valence-electron chi connectivity index (χ0n) is 7.36. The molecule has 0 unspecified atom stereocenters. The zero-order valence-corrected chi connectivity index (χ0v) is 7.36. The van der Waals surface area contributed by atoms with E-state index in [0.717, 1.165) is 11.4 Å². The van der Waals surface area contributed by atoms with Crippen molar-refractivity contribution in [3.63, 3.8) is 0 Å². The van der Waals surface area contributed by atoms with Gasteiger partial charge in [0.05, 0.1) is 7.11 Å². The summed E-state index contributed by atoms with van der Waals surface area (Å²) in [5, 5.41) is 10.7. The first-order chi connectivity index (χ1) is 6.29. The van der Waals surface area contributed by atoms with Gasteiger partial charge in [-0.25, -0.2) is 0 Å². The van der Waals surface area contributed by atoms with Gasteiger partial charge in [-0.3, -0.25) is 0 Å². The van der Waals surface area contributed by atoms with Crippen molar-refractivity contribution in [3.05, 3.63) is 36.2 Å². The fourth-order valence-corrected chi connectivity index (χ4v) is 1.26. The molecule has 0 bridgehead atoms. The van der Waals surface area contributed by atoms with Crippen molar-refractivity contribution in [3.8, 4) is 5.75 Å². The van der Waals surface area contributed by atoms with Crippen LogP contribution >= 0.6 is 0 Å². The monoisotopic (exact) mass is 176 g/mol. The fourth-order valence-electron chi connectivity index (χ4n) is 1.26. The second-order valence-corrected chi connectivity index (χ2v) is 2.92. The van der Waals surface area contributed by atoms with E-state index in [1.165, 1.54) is 0 Å². The number of anilines is 1. The first-order valence-corrected chi connectivity index (χ1v) is 4.08. The molecular weight excluding hydrogens is 166 g/mol. The molecular formula is C10H10NO2-. The molecule has 0 spiro atoms. The summed E-state index contributed by atoms with van der Waals surface area (Å²) in [4.78, 5) is 1.90. The summed E-state index contributed by atoms with van der Waals surface area (Å²) >= 11 is 0. The van der Waals surface area contributed by atoms with E-state index in [0.29, 0.717) is 6.54 Å². The number of nitrogens with zero attached hydrogens (tertiary/aromatic N) is 1. The van der Waals surface area contributed by atoms with E-state index >= 15 is 0 Å². The predicted octanol–water partition coefficient (Wildman–Crippen LogP) is 0.717. The maximum Gasteiger partial charge on any atom is 0.119 e. The number of methoxy groups -OCH3 is 1. The van der Waals surface area contributed by atoms with Crippen molar-refractivity contribution >= 4 is 5.69 Å². The van der Waals surface area contributed by atoms with Crippen LogP contribution in [0.1, 0.15) is 0 Å². The molecule has 0 atom stereocenters. The van der Waals surface area contributed by atoms with Gasteiger partial charge in [-0.15, -0.1) is 0 Å². The van der Waals surface area contributed by atoms with E-state index in [1.54, 1.807) is 13.3 Å². The van der Waals surface area contributed by atoms with Crippen molar-refractivity contribution in [1.29, 1.82) is 0 Å². The van der Waals surface area contributed by atoms with Crippen LogP contribution in [0.4, 0.5) is 5.69 Å². The zero-order chi connectivity index (χ0) is 9.26. The topological polar surface area (TPSA) is 35.5 Å². The Morgan fingerprint density at radius 2 is 1.92 bits per heavy atom. The highest BCUT2D eigenvalue weighted by Crippen LogP contribution is 2.23. The third-order valence-electron chi connectivity index (χ3n) is 2.03. The second kappa shape index (κ2) is 3.01. The van der Waals surface area contributed by atoms with Gasteiger partial charge in [-0.1, -0.05) is 5.76 Å². The summed E-state index contributed by atoms with van der Waals surface area (Å²) in [5.41, 5.74) is 1.03. The van der Waals surface area contributed by atoms with Crippen molar-refractivity contribution in [2.75, 3.05) is 18.6 Å². The van der Waals surface area contributed by atoms with Crippen LogP contribution < -0.4 is 14.7 Å². The molecule has 0 fully saturated rings. The number of hydrogen-bond donors (Lipinski definition) is 0. The molecule has 0 aliphatic carbocycles. The SMILES string of the molecule is COc1ccc(N2C=C([O-])C2)cc1. The highest BCUT2D eigenvalue weighted by Gasteiger charge is 2.09. The molecule has 0 N–H and O–H groups in total. The van der Waals surface area contributed by atoms with Gasteiger partial charge in [-0.2, -0.15) is 0 Å². The molecule has 68 valence electrons. The molecule has 1 aliphatic rings. The molecule has 1 aliphatic heterocycles. The van der Waals surface area contributed by atoms with Gasteiger partial charge in [0, 0.05) is 12.2 Å². The lowest BCUT2D eigenvalue weighted by molar-refractivity contribution is -0.308. The van der Waals surface area contributed by atoms with Crippen molar-refractivity contribution in [2.24, 2.45) is 0 Å². The average Bonchev–Trinajstić information content (AvgIpc) is 2.13. The van der Waals surface area contributed by atoms with Gasteiger partial charge in [0.2, 0.25) is 0 Å². The Balaban J connectivity index is 2.15. The Labute approximate surface area is 76.9 Å². The Bertz CT molecular complexity index is 329. The van der Waals surface area contributed by atoms with Crippen LogP contribution in [0.25, 0.3) is 0 Å². The van der Waals surface area contributed by atoms with Crippen LogP contribution in [0.3, 0.4) is 0 Å². The lowest BCUT2D eigenvalue weighted by Gasteiger charge is -2.34. The van der Waals surface area contributed by atoms with Crippen LogP contribution in [0.2, 0.25) is 0 Å². The van der Waals surface area contributed by atoms with Gasteiger partial charge in [0.15, 0.2) is 0 Å².